The summed E-state index contributed by atoms with van der Waals surface area (Å²) in [5.41, 5.74) is -4.14. The van der Waals surface area contributed by atoms with Gasteiger partial charge in [0.05, 0.1) is 6.10 Å². The molecule has 1 saturated heterocycles. The van der Waals surface area contributed by atoms with Gasteiger partial charge in [-0.05, 0) is 6.42 Å². The molecule has 0 saturated carbocycles. The Morgan fingerprint density at radius 2 is 1.48 bits per heavy atom. The van der Waals surface area contributed by atoms with Crippen molar-refractivity contribution in [2.45, 2.75) is 154 Å². The van der Waals surface area contributed by atoms with Crippen molar-refractivity contribution in [3.8, 4) is 12.3 Å². The molecule has 2 N–H and O–H groups in total. The van der Waals surface area contributed by atoms with Crippen LogP contribution in [0.1, 0.15) is 141 Å². The summed E-state index contributed by atoms with van der Waals surface area (Å²) in [5, 5.41) is 2.69. The number of hydrogen-bond donors (Lipinski definition) is 2. The molecule has 1 amide bonds. The average Bonchev–Trinajstić information content (AvgIpc) is 3.42. The molecule has 262 valence electrons. The molecule has 12 heteroatoms. The second-order valence-electron chi connectivity index (χ2n) is 12.2. The van der Waals surface area contributed by atoms with E-state index in [0.717, 1.165) is 19.3 Å². The zero-order chi connectivity index (χ0) is 33.6. The SMILES string of the molecule is C#CCO[C@H]1C[C@H](n2cc(C(F)(F)F)c(=O)[nH]c2=O)O[C@@H]1COC(=O)NCCCCCCCCCCCCCCCCCCCC. The minimum absolute atomic E-state index is 0.0418. The van der Waals surface area contributed by atoms with Gasteiger partial charge in [-0.1, -0.05) is 122 Å². The monoisotopic (exact) mass is 657 g/mol. The van der Waals surface area contributed by atoms with Crippen LogP contribution in [-0.2, 0) is 20.4 Å². The highest BCUT2D eigenvalue weighted by Gasteiger charge is 2.40. The topological polar surface area (TPSA) is 112 Å². The third-order valence-electron chi connectivity index (χ3n) is 8.32. The molecular weight excluding hydrogens is 603 g/mol. The first-order valence-corrected chi connectivity index (χ1v) is 17.2. The fraction of sp³-hybridized carbons (Fsp3) is 0.794. The number of H-pyrrole nitrogens is 1. The number of carbonyl (C=O) groups is 1. The Morgan fingerprint density at radius 3 is 1.98 bits per heavy atom. The Morgan fingerprint density at radius 1 is 0.957 bits per heavy atom. The number of alkyl carbamates (subject to hydrolysis) is 1. The molecule has 0 aromatic carbocycles. The summed E-state index contributed by atoms with van der Waals surface area (Å²) >= 11 is 0. The molecule has 3 atom stereocenters. The van der Waals surface area contributed by atoms with Crippen molar-refractivity contribution in [1.82, 2.24) is 14.9 Å². The number of aromatic nitrogens is 2. The Kier molecular flexibility index (Phi) is 19.4. The van der Waals surface area contributed by atoms with E-state index < -0.39 is 47.5 Å². The largest absolute Gasteiger partial charge is 0.447 e. The number of nitrogens with one attached hydrogen (secondary N) is 2. The van der Waals surface area contributed by atoms with Crippen molar-refractivity contribution in [2.75, 3.05) is 19.8 Å². The Bertz CT molecular complexity index is 1150. The fourth-order valence-corrected chi connectivity index (χ4v) is 5.68. The predicted molar refractivity (Wildman–Crippen MR) is 172 cm³/mol. The number of carbonyl (C=O) groups excluding carboxylic acids is 1. The van der Waals surface area contributed by atoms with Gasteiger partial charge in [0.1, 0.15) is 31.1 Å². The van der Waals surface area contributed by atoms with Crippen LogP contribution in [0.25, 0.3) is 0 Å². The maximum absolute atomic E-state index is 13.2. The van der Waals surface area contributed by atoms with Gasteiger partial charge in [0.25, 0.3) is 5.56 Å². The van der Waals surface area contributed by atoms with Gasteiger partial charge in [-0.3, -0.25) is 14.3 Å². The number of aromatic amines is 1. The van der Waals surface area contributed by atoms with Gasteiger partial charge in [-0.25, -0.2) is 9.59 Å². The van der Waals surface area contributed by atoms with Crippen molar-refractivity contribution < 1.29 is 32.2 Å². The minimum atomic E-state index is -4.96. The van der Waals surface area contributed by atoms with Crippen LogP contribution in [0.3, 0.4) is 0 Å². The van der Waals surface area contributed by atoms with Gasteiger partial charge >= 0.3 is 18.0 Å². The number of amides is 1. The van der Waals surface area contributed by atoms with Crippen molar-refractivity contribution in [3.05, 3.63) is 32.6 Å². The summed E-state index contributed by atoms with van der Waals surface area (Å²) in [7, 11) is 0. The number of alkyl halides is 3. The van der Waals surface area contributed by atoms with E-state index >= 15 is 0 Å². The van der Waals surface area contributed by atoms with E-state index in [2.05, 4.69) is 18.2 Å². The highest BCUT2D eigenvalue weighted by Crippen LogP contribution is 2.32. The number of rotatable bonds is 24. The van der Waals surface area contributed by atoms with Gasteiger partial charge in [0.15, 0.2) is 0 Å². The lowest BCUT2D eigenvalue weighted by Crippen LogP contribution is -2.36. The van der Waals surface area contributed by atoms with Gasteiger partial charge in [0, 0.05) is 19.2 Å². The zero-order valence-corrected chi connectivity index (χ0v) is 27.5. The summed E-state index contributed by atoms with van der Waals surface area (Å²) in [6, 6.07) is 0. The summed E-state index contributed by atoms with van der Waals surface area (Å²) in [5.74, 6) is 2.30. The molecule has 1 aromatic heterocycles. The van der Waals surface area contributed by atoms with Gasteiger partial charge < -0.3 is 19.5 Å². The maximum Gasteiger partial charge on any atom is 0.423 e. The summed E-state index contributed by atoms with van der Waals surface area (Å²) in [4.78, 5) is 37.8. The molecule has 0 aliphatic carbocycles. The van der Waals surface area contributed by atoms with Gasteiger partial charge in [0.2, 0.25) is 0 Å². The first-order chi connectivity index (χ1) is 22.2. The summed E-state index contributed by atoms with van der Waals surface area (Å²) in [6.07, 6.45) is 20.2. The summed E-state index contributed by atoms with van der Waals surface area (Å²) in [6.45, 7) is 2.33. The van der Waals surface area contributed by atoms with E-state index in [1.165, 1.54) is 96.3 Å². The third-order valence-corrected chi connectivity index (χ3v) is 8.32. The van der Waals surface area contributed by atoms with Crippen LogP contribution < -0.4 is 16.6 Å². The van der Waals surface area contributed by atoms with Crippen molar-refractivity contribution in [1.29, 1.82) is 0 Å². The predicted octanol–water partition coefficient (Wildman–Crippen LogP) is 7.63. The maximum atomic E-state index is 13.2. The van der Waals surface area contributed by atoms with E-state index in [1.54, 1.807) is 4.98 Å². The Labute approximate surface area is 271 Å². The molecular formula is C34H54F3N3O6. The smallest absolute Gasteiger partial charge is 0.423 e. The minimum Gasteiger partial charge on any atom is -0.447 e. The molecule has 0 unspecified atom stereocenters. The van der Waals surface area contributed by atoms with E-state index in [4.69, 9.17) is 20.6 Å². The van der Waals surface area contributed by atoms with Gasteiger partial charge in [-0.2, -0.15) is 13.2 Å². The zero-order valence-electron chi connectivity index (χ0n) is 27.5. The van der Waals surface area contributed by atoms with E-state index in [9.17, 15) is 27.6 Å². The number of halogens is 3. The lowest BCUT2D eigenvalue weighted by Gasteiger charge is -2.18. The molecule has 2 heterocycles. The van der Waals surface area contributed by atoms with Crippen LogP contribution in [0.2, 0.25) is 0 Å². The molecule has 0 spiro atoms. The highest BCUT2D eigenvalue weighted by atomic mass is 19.4. The first-order valence-electron chi connectivity index (χ1n) is 17.2. The van der Waals surface area contributed by atoms with Crippen LogP contribution in [0.15, 0.2) is 15.8 Å². The second kappa shape index (κ2) is 22.7. The van der Waals surface area contributed by atoms with Crippen LogP contribution in [-0.4, -0.2) is 47.6 Å². The van der Waals surface area contributed by atoms with Crippen LogP contribution in [0.5, 0.6) is 0 Å². The lowest BCUT2D eigenvalue weighted by atomic mass is 10.0. The molecule has 1 aliphatic rings. The first kappa shape index (κ1) is 39.4. The number of ether oxygens (including phenoxy) is 3. The molecule has 0 bridgehead atoms. The van der Waals surface area contributed by atoms with Crippen LogP contribution >= 0.6 is 0 Å². The summed E-state index contributed by atoms with van der Waals surface area (Å²) < 4.78 is 56.8. The molecule has 9 nitrogen and oxygen atoms in total. The van der Waals surface area contributed by atoms with Crippen molar-refractivity contribution in [2.24, 2.45) is 0 Å². The average molecular weight is 658 g/mol. The van der Waals surface area contributed by atoms with Crippen molar-refractivity contribution in [3.63, 3.8) is 0 Å². The lowest BCUT2D eigenvalue weighted by molar-refractivity contribution is -0.139. The molecule has 0 radical (unpaired) electrons. The fourth-order valence-electron chi connectivity index (χ4n) is 5.68. The van der Waals surface area contributed by atoms with E-state index in [1.807, 2.05) is 0 Å². The Hall–Kier alpha value is -2.78. The number of unbranched alkanes of at least 4 members (excludes halogenated alkanes) is 17. The third kappa shape index (κ3) is 15.7. The molecule has 1 fully saturated rings. The van der Waals surface area contributed by atoms with Crippen molar-refractivity contribution >= 4 is 6.09 Å². The number of hydrogen-bond acceptors (Lipinski definition) is 6. The number of nitrogens with zero attached hydrogens (tertiary/aromatic N) is 1. The normalized spacial score (nSPS) is 18.0. The number of terminal acetylenes is 1. The molecule has 46 heavy (non-hydrogen) atoms. The van der Waals surface area contributed by atoms with Crippen LogP contribution in [0, 0.1) is 12.3 Å². The molecule has 2 rings (SSSR count). The van der Waals surface area contributed by atoms with Gasteiger partial charge in [-0.15, -0.1) is 6.42 Å². The quantitative estimate of drug-likeness (QED) is 0.0874. The van der Waals surface area contributed by atoms with E-state index in [0.29, 0.717) is 17.3 Å². The Balaban J connectivity index is 1.55. The second-order valence-corrected chi connectivity index (χ2v) is 12.2. The molecule has 1 aliphatic heterocycles. The highest BCUT2D eigenvalue weighted by molar-refractivity contribution is 5.67. The molecule has 1 aromatic rings. The standard InChI is InChI=1S/C34H54F3N3O6/c1-3-5-6-7-8-9-10-11-12-13-14-15-16-17-18-19-20-21-22-38-33(43)45-26-29-28(44-23-4-2)24-30(46-29)40-25-27(34(35,36)37)31(41)39-32(40)42/h2,25,28-30H,3,5-24,26H2,1H3,(H,38,43)(H,39,41,42)/t28-,29+,30+/m0/s1. The van der Waals surface area contributed by atoms with E-state index in [-0.39, 0.29) is 19.6 Å². The van der Waals surface area contributed by atoms with Crippen LogP contribution in [0.4, 0.5) is 18.0 Å².